The number of rotatable bonds is 4. The minimum Gasteiger partial charge on any atom is -0.508 e. The lowest BCUT2D eigenvalue weighted by Crippen LogP contribution is -1.95. The highest BCUT2D eigenvalue weighted by Gasteiger charge is 2.13. The Balaban J connectivity index is 1.87. The molecule has 0 radical (unpaired) electrons. The summed E-state index contributed by atoms with van der Waals surface area (Å²) >= 11 is 0. The molecule has 0 saturated heterocycles. The van der Waals surface area contributed by atoms with Crippen molar-refractivity contribution in [3.63, 3.8) is 0 Å². The van der Waals surface area contributed by atoms with Crippen LogP contribution in [-0.2, 0) is 6.42 Å². The minimum absolute atomic E-state index is 0.228. The van der Waals surface area contributed by atoms with E-state index in [1.165, 1.54) is 0 Å². The molecule has 138 valence electrons. The fraction of sp³-hybridized carbons (Fsp3) is 0.0400. The summed E-state index contributed by atoms with van der Waals surface area (Å²) < 4.78 is 0. The third-order valence-corrected chi connectivity index (χ3v) is 4.82. The summed E-state index contributed by atoms with van der Waals surface area (Å²) in [6, 6.07) is 27.8. The Kier molecular flexibility index (Phi) is 4.73. The Morgan fingerprint density at radius 2 is 1.00 bits per heavy atom. The molecule has 28 heavy (non-hydrogen) atoms. The molecular formula is C25H20O3. The van der Waals surface area contributed by atoms with Gasteiger partial charge in [0, 0.05) is 0 Å². The van der Waals surface area contributed by atoms with Gasteiger partial charge in [-0.15, -0.1) is 0 Å². The predicted octanol–water partition coefficient (Wildman–Crippen LogP) is 5.73. The molecule has 0 aliphatic rings. The molecule has 0 aromatic heterocycles. The van der Waals surface area contributed by atoms with Crippen molar-refractivity contribution in [3.8, 4) is 39.5 Å². The van der Waals surface area contributed by atoms with Crippen molar-refractivity contribution in [2.75, 3.05) is 0 Å². The van der Waals surface area contributed by atoms with Crippen LogP contribution >= 0.6 is 0 Å². The standard InChI is InChI=1S/C25H20O3/c26-21-10-4-17(5-11-21)16-20-2-1-3-24(18-6-12-22(27)13-7-18)25(20)19-8-14-23(28)15-9-19/h1-15,26-28H,16H2. The minimum atomic E-state index is 0.228. The van der Waals surface area contributed by atoms with E-state index >= 15 is 0 Å². The predicted molar refractivity (Wildman–Crippen MR) is 112 cm³/mol. The van der Waals surface area contributed by atoms with Crippen LogP contribution in [0, 0.1) is 0 Å². The molecule has 0 unspecified atom stereocenters. The van der Waals surface area contributed by atoms with Crippen molar-refractivity contribution < 1.29 is 15.3 Å². The Morgan fingerprint density at radius 3 is 1.57 bits per heavy atom. The molecule has 3 heteroatoms. The second-order valence-corrected chi connectivity index (χ2v) is 6.78. The highest BCUT2D eigenvalue weighted by atomic mass is 16.3. The third kappa shape index (κ3) is 3.69. The van der Waals surface area contributed by atoms with E-state index in [1.54, 1.807) is 36.4 Å². The zero-order valence-electron chi connectivity index (χ0n) is 15.2. The topological polar surface area (TPSA) is 60.7 Å². The van der Waals surface area contributed by atoms with Gasteiger partial charge in [0.25, 0.3) is 0 Å². The molecule has 0 aliphatic carbocycles. The first-order valence-corrected chi connectivity index (χ1v) is 9.09. The van der Waals surface area contributed by atoms with Crippen LogP contribution < -0.4 is 0 Å². The van der Waals surface area contributed by atoms with Gasteiger partial charge in [-0.25, -0.2) is 0 Å². The number of phenols is 3. The quantitative estimate of drug-likeness (QED) is 0.431. The van der Waals surface area contributed by atoms with Crippen molar-refractivity contribution in [2.24, 2.45) is 0 Å². The Bertz CT molecular complexity index is 1080. The number of hydrogen-bond donors (Lipinski definition) is 3. The van der Waals surface area contributed by atoms with Gasteiger partial charge in [0.15, 0.2) is 0 Å². The third-order valence-electron chi connectivity index (χ3n) is 4.82. The number of hydrogen-bond acceptors (Lipinski definition) is 3. The number of phenolic OH excluding ortho intramolecular Hbond substituents is 3. The van der Waals surface area contributed by atoms with E-state index in [-0.39, 0.29) is 17.2 Å². The van der Waals surface area contributed by atoms with E-state index in [2.05, 4.69) is 12.1 Å². The lowest BCUT2D eigenvalue weighted by molar-refractivity contribution is 0.474. The van der Waals surface area contributed by atoms with Crippen LogP contribution in [0.2, 0.25) is 0 Å². The summed E-state index contributed by atoms with van der Waals surface area (Å²) in [5.41, 5.74) is 6.40. The normalized spacial score (nSPS) is 10.7. The summed E-state index contributed by atoms with van der Waals surface area (Å²) in [4.78, 5) is 0. The lowest BCUT2D eigenvalue weighted by Gasteiger charge is -2.16. The van der Waals surface area contributed by atoms with Crippen LogP contribution in [-0.4, -0.2) is 15.3 Å². The van der Waals surface area contributed by atoms with Gasteiger partial charge in [0.1, 0.15) is 17.2 Å². The van der Waals surface area contributed by atoms with Crippen LogP contribution in [0.25, 0.3) is 22.3 Å². The molecule has 0 fully saturated rings. The maximum atomic E-state index is 9.70. The molecule has 3 nitrogen and oxygen atoms in total. The average molecular weight is 368 g/mol. The number of benzene rings is 4. The van der Waals surface area contributed by atoms with E-state index in [4.69, 9.17) is 0 Å². The fourth-order valence-electron chi connectivity index (χ4n) is 3.43. The second kappa shape index (κ2) is 7.49. The van der Waals surface area contributed by atoms with Crippen molar-refractivity contribution >= 4 is 0 Å². The van der Waals surface area contributed by atoms with Crippen LogP contribution in [0.5, 0.6) is 17.2 Å². The molecule has 0 spiro atoms. The number of aromatic hydroxyl groups is 3. The highest BCUT2D eigenvalue weighted by Crippen LogP contribution is 2.37. The van der Waals surface area contributed by atoms with E-state index in [1.807, 2.05) is 42.5 Å². The van der Waals surface area contributed by atoms with Gasteiger partial charge in [-0.3, -0.25) is 0 Å². The van der Waals surface area contributed by atoms with Gasteiger partial charge in [-0.2, -0.15) is 0 Å². The van der Waals surface area contributed by atoms with Crippen molar-refractivity contribution in [3.05, 3.63) is 102 Å². The summed E-state index contributed by atoms with van der Waals surface area (Å²) in [5.74, 6) is 0.710. The van der Waals surface area contributed by atoms with Gasteiger partial charge in [-0.1, -0.05) is 54.6 Å². The first kappa shape index (κ1) is 17.7. The summed E-state index contributed by atoms with van der Waals surface area (Å²) in [6.45, 7) is 0. The summed E-state index contributed by atoms with van der Waals surface area (Å²) in [6.07, 6.45) is 0.711. The SMILES string of the molecule is Oc1ccc(Cc2cccc(-c3ccc(O)cc3)c2-c2ccc(O)cc2)cc1. The van der Waals surface area contributed by atoms with E-state index in [0.717, 1.165) is 33.4 Å². The summed E-state index contributed by atoms with van der Waals surface area (Å²) in [7, 11) is 0. The zero-order chi connectivity index (χ0) is 19.5. The molecule has 0 amide bonds. The van der Waals surface area contributed by atoms with Crippen molar-refractivity contribution in [1.82, 2.24) is 0 Å². The molecule has 0 atom stereocenters. The van der Waals surface area contributed by atoms with Gasteiger partial charge in [-0.05, 0) is 76.2 Å². The van der Waals surface area contributed by atoms with Crippen LogP contribution in [0.1, 0.15) is 11.1 Å². The molecular weight excluding hydrogens is 348 g/mol. The smallest absolute Gasteiger partial charge is 0.115 e. The van der Waals surface area contributed by atoms with E-state index in [0.29, 0.717) is 6.42 Å². The molecule has 3 N–H and O–H groups in total. The molecule has 4 aromatic carbocycles. The maximum absolute atomic E-state index is 9.70. The average Bonchev–Trinajstić information content (AvgIpc) is 2.71. The Morgan fingerprint density at radius 1 is 0.500 bits per heavy atom. The van der Waals surface area contributed by atoms with Crippen molar-refractivity contribution in [2.45, 2.75) is 6.42 Å². The largest absolute Gasteiger partial charge is 0.508 e. The van der Waals surface area contributed by atoms with Crippen LogP contribution in [0.3, 0.4) is 0 Å². The van der Waals surface area contributed by atoms with Crippen LogP contribution in [0.4, 0.5) is 0 Å². The monoisotopic (exact) mass is 368 g/mol. The van der Waals surface area contributed by atoms with Gasteiger partial charge < -0.3 is 15.3 Å². The van der Waals surface area contributed by atoms with Gasteiger partial charge >= 0.3 is 0 Å². The van der Waals surface area contributed by atoms with E-state index in [9.17, 15) is 15.3 Å². The van der Waals surface area contributed by atoms with Crippen molar-refractivity contribution in [1.29, 1.82) is 0 Å². The van der Waals surface area contributed by atoms with E-state index < -0.39 is 0 Å². The summed E-state index contributed by atoms with van der Waals surface area (Å²) in [5, 5.41) is 28.9. The fourth-order valence-corrected chi connectivity index (χ4v) is 3.43. The van der Waals surface area contributed by atoms with Gasteiger partial charge in [0.05, 0.1) is 0 Å². The Hall–Kier alpha value is -3.72. The zero-order valence-corrected chi connectivity index (χ0v) is 15.2. The molecule has 0 bridgehead atoms. The molecule has 4 aromatic rings. The lowest BCUT2D eigenvalue weighted by atomic mass is 9.88. The Labute approximate surface area is 163 Å². The highest BCUT2D eigenvalue weighted by molar-refractivity contribution is 5.86. The molecule has 0 aliphatic heterocycles. The first-order valence-electron chi connectivity index (χ1n) is 9.09. The molecule has 0 saturated carbocycles. The molecule has 4 rings (SSSR count). The second-order valence-electron chi connectivity index (χ2n) is 6.78. The van der Waals surface area contributed by atoms with Crippen LogP contribution in [0.15, 0.2) is 91.0 Å². The maximum Gasteiger partial charge on any atom is 0.115 e. The first-order chi connectivity index (χ1) is 13.6. The van der Waals surface area contributed by atoms with Gasteiger partial charge in [0.2, 0.25) is 0 Å². The molecule has 0 heterocycles.